The molecule has 0 saturated heterocycles. The van der Waals surface area contributed by atoms with Gasteiger partial charge in [-0.05, 0) is 36.8 Å². The monoisotopic (exact) mass is 310 g/mol. The number of halogens is 2. The van der Waals surface area contributed by atoms with Crippen LogP contribution in [0.5, 0.6) is 0 Å². The van der Waals surface area contributed by atoms with Crippen LogP contribution >= 0.6 is 23.2 Å². The molecule has 6 heteroatoms. The van der Waals surface area contributed by atoms with E-state index in [-0.39, 0.29) is 11.6 Å². The Morgan fingerprint density at radius 1 is 1.25 bits per heavy atom. The van der Waals surface area contributed by atoms with Crippen molar-refractivity contribution < 1.29 is 4.79 Å². The molecule has 0 fully saturated rings. The Morgan fingerprint density at radius 3 is 2.65 bits per heavy atom. The predicted molar refractivity (Wildman–Crippen MR) is 79.4 cm³/mol. The van der Waals surface area contributed by atoms with Gasteiger partial charge in [-0.2, -0.15) is 0 Å². The van der Waals surface area contributed by atoms with E-state index in [4.69, 9.17) is 23.2 Å². The minimum Gasteiger partial charge on any atom is -0.345 e. The predicted octanol–water partition coefficient (Wildman–Crippen LogP) is 3.17. The summed E-state index contributed by atoms with van der Waals surface area (Å²) in [5.41, 5.74) is 0.450. The van der Waals surface area contributed by atoms with Crippen molar-refractivity contribution in [1.82, 2.24) is 10.3 Å². The minimum absolute atomic E-state index is 0.0689. The van der Waals surface area contributed by atoms with Gasteiger partial charge < -0.3 is 10.3 Å². The van der Waals surface area contributed by atoms with Crippen LogP contribution in [0.3, 0.4) is 0 Å². The molecule has 2 N–H and O–H groups in total. The van der Waals surface area contributed by atoms with Crippen LogP contribution in [0.15, 0.2) is 41.3 Å². The van der Waals surface area contributed by atoms with Crippen LogP contribution in [0.4, 0.5) is 0 Å². The van der Waals surface area contributed by atoms with E-state index in [0.717, 1.165) is 5.56 Å². The Balaban J connectivity index is 2.17. The summed E-state index contributed by atoms with van der Waals surface area (Å²) in [6.07, 6.45) is 1.47. The normalized spacial score (nSPS) is 11.9. The third kappa shape index (κ3) is 3.21. The highest BCUT2D eigenvalue weighted by Crippen LogP contribution is 2.25. The van der Waals surface area contributed by atoms with E-state index in [1.807, 2.05) is 0 Å². The van der Waals surface area contributed by atoms with Gasteiger partial charge in [0.1, 0.15) is 5.56 Å². The van der Waals surface area contributed by atoms with Gasteiger partial charge in [0.05, 0.1) is 16.1 Å². The minimum atomic E-state index is -0.439. The lowest BCUT2D eigenvalue weighted by atomic mass is 10.1. The van der Waals surface area contributed by atoms with Gasteiger partial charge in [-0.15, -0.1) is 0 Å². The summed E-state index contributed by atoms with van der Waals surface area (Å²) in [5, 5.41) is 3.61. The number of pyridine rings is 1. The molecule has 1 aromatic carbocycles. The molecule has 1 unspecified atom stereocenters. The summed E-state index contributed by atoms with van der Waals surface area (Å²) < 4.78 is 0. The number of amides is 1. The third-order valence-corrected chi connectivity index (χ3v) is 3.59. The molecule has 0 bridgehead atoms. The maximum absolute atomic E-state index is 12.0. The number of aromatic nitrogens is 1. The zero-order chi connectivity index (χ0) is 14.7. The summed E-state index contributed by atoms with van der Waals surface area (Å²) in [4.78, 5) is 26.0. The average Bonchev–Trinajstić information content (AvgIpc) is 2.42. The first-order chi connectivity index (χ1) is 9.49. The van der Waals surface area contributed by atoms with Crippen LogP contribution in [0.2, 0.25) is 10.0 Å². The molecule has 1 aromatic heterocycles. The van der Waals surface area contributed by atoms with E-state index in [1.165, 1.54) is 12.3 Å². The molecule has 4 nitrogen and oxygen atoms in total. The number of hydrogen-bond acceptors (Lipinski definition) is 2. The highest BCUT2D eigenvalue weighted by atomic mass is 35.5. The lowest BCUT2D eigenvalue weighted by Crippen LogP contribution is -2.31. The van der Waals surface area contributed by atoms with E-state index in [9.17, 15) is 9.59 Å². The molecule has 0 aliphatic carbocycles. The number of carbonyl (C=O) groups is 1. The maximum Gasteiger partial charge on any atom is 0.260 e. The van der Waals surface area contributed by atoms with Crippen LogP contribution < -0.4 is 10.9 Å². The fraction of sp³-hybridized carbons (Fsp3) is 0.143. The Labute approximate surface area is 125 Å². The van der Waals surface area contributed by atoms with Gasteiger partial charge >= 0.3 is 0 Å². The van der Waals surface area contributed by atoms with Crippen molar-refractivity contribution in [2.45, 2.75) is 13.0 Å². The molecule has 1 atom stereocenters. The Kier molecular flexibility index (Phi) is 4.47. The van der Waals surface area contributed by atoms with E-state index in [2.05, 4.69) is 10.3 Å². The van der Waals surface area contributed by atoms with E-state index < -0.39 is 11.5 Å². The number of benzene rings is 1. The fourth-order valence-corrected chi connectivity index (χ4v) is 2.05. The molecule has 0 aliphatic heterocycles. The zero-order valence-corrected chi connectivity index (χ0v) is 12.1. The Hall–Kier alpha value is -1.78. The van der Waals surface area contributed by atoms with E-state index in [1.54, 1.807) is 31.2 Å². The summed E-state index contributed by atoms with van der Waals surface area (Å²) in [6, 6.07) is 7.89. The quantitative estimate of drug-likeness (QED) is 0.914. The highest BCUT2D eigenvalue weighted by Gasteiger charge is 2.14. The Bertz CT molecular complexity index is 698. The number of nitrogens with one attached hydrogen (secondary N) is 2. The molecule has 0 saturated carbocycles. The molecule has 1 amide bonds. The van der Waals surface area contributed by atoms with E-state index in [0.29, 0.717) is 10.0 Å². The molecular formula is C14H12Cl2N2O2. The van der Waals surface area contributed by atoms with Gasteiger partial charge in [0.15, 0.2) is 0 Å². The largest absolute Gasteiger partial charge is 0.345 e. The van der Waals surface area contributed by atoms with Crippen LogP contribution in [0.25, 0.3) is 0 Å². The van der Waals surface area contributed by atoms with Gasteiger partial charge in [0.2, 0.25) is 0 Å². The van der Waals surface area contributed by atoms with Crippen molar-refractivity contribution in [2.75, 3.05) is 0 Å². The van der Waals surface area contributed by atoms with E-state index >= 15 is 0 Å². The smallest absolute Gasteiger partial charge is 0.260 e. The summed E-state index contributed by atoms with van der Waals surface area (Å²) in [7, 11) is 0. The van der Waals surface area contributed by atoms with Gasteiger partial charge in [-0.3, -0.25) is 9.59 Å². The van der Waals surface area contributed by atoms with Crippen molar-refractivity contribution in [3.63, 3.8) is 0 Å². The molecule has 2 rings (SSSR count). The van der Waals surface area contributed by atoms with Gasteiger partial charge in [0, 0.05) is 6.20 Å². The number of aromatic amines is 1. The first-order valence-corrected chi connectivity index (χ1v) is 6.68. The van der Waals surface area contributed by atoms with Crippen molar-refractivity contribution >= 4 is 29.1 Å². The topological polar surface area (TPSA) is 62.0 Å². The first kappa shape index (κ1) is 14.6. The zero-order valence-electron chi connectivity index (χ0n) is 10.6. The molecular weight excluding hydrogens is 299 g/mol. The molecule has 1 heterocycles. The lowest BCUT2D eigenvalue weighted by Gasteiger charge is -2.14. The van der Waals surface area contributed by atoms with Crippen molar-refractivity contribution in [2.24, 2.45) is 0 Å². The maximum atomic E-state index is 12.0. The number of carbonyl (C=O) groups excluding carboxylic acids is 1. The fourth-order valence-electron chi connectivity index (χ4n) is 1.74. The SMILES string of the molecule is CC(NC(=O)c1ccc[nH]c1=O)c1ccc(Cl)c(Cl)c1. The molecule has 20 heavy (non-hydrogen) atoms. The second-order valence-electron chi connectivity index (χ2n) is 4.28. The number of rotatable bonds is 3. The Morgan fingerprint density at radius 2 is 2.00 bits per heavy atom. The van der Waals surface area contributed by atoms with Gasteiger partial charge in [0.25, 0.3) is 11.5 Å². The van der Waals surface area contributed by atoms with Crippen LogP contribution in [0.1, 0.15) is 28.9 Å². The second-order valence-corrected chi connectivity index (χ2v) is 5.10. The van der Waals surface area contributed by atoms with Crippen LogP contribution in [-0.4, -0.2) is 10.9 Å². The van der Waals surface area contributed by atoms with Crippen LogP contribution in [0, 0.1) is 0 Å². The highest BCUT2D eigenvalue weighted by molar-refractivity contribution is 6.42. The molecule has 0 aliphatic rings. The lowest BCUT2D eigenvalue weighted by molar-refractivity contribution is 0.0938. The summed E-state index contributed by atoms with van der Waals surface area (Å²) in [5.74, 6) is -0.439. The standard InChI is InChI=1S/C14H12Cl2N2O2/c1-8(9-4-5-11(15)12(16)7-9)18-14(20)10-3-2-6-17-13(10)19/h2-8H,1H3,(H,17,19)(H,18,20). The summed E-state index contributed by atoms with van der Waals surface area (Å²) >= 11 is 11.8. The molecule has 104 valence electrons. The van der Waals surface area contributed by atoms with Crippen molar-refractivity contribution in [3.05, 3.63) is 68.1 Å². The molecule has 0 spiro atoms. The second kappa shape index (κ2) is 6.11. The van der Waals surface area contributed by atoms with Crippen molar-refractivity contribution in [3.8, 4) is 0 Å². The third-order valence-electron chi connectivity index (χ3n) is 2.85. The first-order valence-electron chi connectivity index (χ1n) is 5.92. The van der Waals surface area contributed by atoms with Crippen LogP contribution in [-0.2, 0) is 0 Å². The van der Waals surface area contributed by atoms with Gasteiger partial charge in [-0.1, -0.05) is 29.3 Å². The number of H-pyrrole nitrogens is 1. The summed E-state index contributed by atoms with van der Waals surface area (Å²) in [6.45, 7) is 1.80. The van der Waals surface area contributed by atoms with Crippen molar-refractivity contribution in [1.29, 1.82) is 0 Å². The number of hydrogen-bond donors (Lipinski definition) is 2. The van der Waals surface area contributed by atoms with Gasteiger partial charge in [-0.25, -0.2) is 0 Å². The molecule has 0 radical (unpaired) electrons. The average molecular weight is 311 g/mol. The molecule has 2 aromatic rings.